The Labute approximate surface area is 96.5 Å². The summed E-state index contributed by atoms with van der Waals surface area (Å²) in [6.07, 6.45) is 3.58. The van der Waals surface area contributed by atoms with Gasteiger partial charge < -0.3 is 5.73 Å². The summed E-state index contributed by atoms with van der Waals surface area (Å²) >= 11 is 0. The molecular weight excluding hydrogens is 222 g/mol. The van der Waals surface area contributed by atoms with Crippen molar-refractivity contribution in [2.75, 3.05) is 11.5 Å². The van der Waals surface area contributed by atoms with Crippen LogP contribution in [-0.4, -0.2) is 19.7 Å². The van der Waals surface area contributed by atoms with Crippen molar-refractivity contribution < 1.29 is 4.21 Å². The van der Waals surface area contributed by atoms with E-state index in [1.807, 2.05) is 12.3 Å². The summed E-state index contributed by atoms with van der Waals surface area (Å²) in [5, 5.41) is 4.06. The van der Waals surface area contributed by atoms with Crippen LogP contribution in [0.2, 0.25) is 0 Å². The van der Waals surface area contributed by atoms with Gasteiger partial charge in [0.2, 0.25) is 0 Å². The first-order valence-corrected chi connectivity index (χ1v) is 6.29. The Morgan fingerprint density at radius 1 is 1.31 bits per heavy atom. The molecule has 2 aromatic rings. The van der Waals surface area contributed by atoms with Crippen molar-refractivity contribution in [3.63, 3.8) is 0 Å². The highest BCUT2D eigenvalue weighted by atomic mass is 32.2. The predicted octanol–water partition coefficient (Wildman–Crippen LogP) is 1.27. The van der Waals surface area contributed by atoms with Gasteiger partial charge in [0, 0.05) is 28.7 Å². The van der Waals surface area contributed by atoms with Crippen LogP contribution in [0.4, 0.5) is 5.69 Å². The van der Waals surface area contributed by atoms with Crippen molar-refractivity contribution in [3.05, 3.63) is 42.7 Å². The molecule has 16 heavy (non-hydrogen) atoms. The second-order valence-electron chi connectivity index (χ2n) is 3.39. The van der Waals surface area contributed by atoms with Crippen molar-refractivity contribution in [1.29, 1.82) is 0 Å². The van der Waals surface area contributed by atoms with Crippen LogP contribution in [0.15, 0.2) is 47.6 Å². The first-order chi connectivity index (χ1) is 7.75. The van der Waals surface area contributed by atoms with E-state index in [1.165, 1.54) is 0 Å². The van der Waals surface area contributed by atoms with Gasteiger partial charge in [0.25, 0.3) is 0 Å². The predicted molar refractivity (Wildman–Crippen MR) is 64.4 cm³/mol. The summed E-state index contributed by atoms with van der Waals surface area (Å²) in [5.74, 6) is 0.561. The zero-order valence-electron chi connectivity index (χ0n) is 8.74. The molecule has 2 rings (SSSR count). The minimum atomic E-state index is -0.993. The van der Waals surface area contributed by atoms with Gasteiger partial charge >= 0.3 is 0 Å². The number of aryl methyl sites for hydroxylation is 1. The highest BCUT2D eigenvalue weighted by Gasteiger charge is 2.03. The van der Waals surface area contributed by atoms with Gasteiger partial charge in [-0.15, -0.1) is 0 Å². The minimum absolute atomic E-state index is 0.561. The first-order valence-electron chi connectivity index (χ1n) is 4.97. The van der Waals surface area contributed by atoms with Gasteiger partial charge in [0.1, 0.15) is 0 Å². The summed E-state index contributed by atoms with van der Waals surface area (Å²) in [6.45, 7) is 0.657. The normalized spacial score (nSPS) is 12.5. The third-order valence-electron chi connectivity index (χ3n) is 2.21. The van der Waals surface area contributed by atoms with Gasteiger partial charge in [0.05, 0.1) is 17.3 Å². The van der Waals surface area contributed by atoms with Gasteiger partial charge in [-0.25, -0.2) is 0 Å². The van der Waals surface area contributed by atoms with E-state index in [1.54, 1.807) is 35.1 Å². The summed E-state index contributed by atoms with van der Waals surface area (Å²) in [6, 6.07) is 8.98. The van der Waals surface area contributed by atoms with Crippen LogP contribution in [0, 0.1) is 0 Å². The first kappa shape index (κ1) is 10.9. The van der Waals surface area contributed by atoms with Crippen LogP contribution in [0.25, 0.3) is 0 Å². The largest absolute Gasteiger partial charge is 0.399 e. The molecule has 1 heterocycles. The summed E-state index contributed by atoms with van der Waals surface area (Å²) in [5.41, 5.74) is 6.25. The Morgan fingerprint density at radius 3 is 2.69 bits per heavy atom. The molecule has 0 spiro atoms. The molecule has 0 fully saturated rings. The van der Waals surface area contributed by atoms with Gasteiger partial charge in [-0.3, -0.25) is 8.89 Å². The lowest BCUT2D eigenvalue weighted by atomic mass is 10.3. The third kappa shape index (κ3) is 2.70. The van der Waals surface area contributed by atoms with E-state index < -0.39 is 10.8 Å². The van der Waals surface area contributed by atoms with Crippen molar-refractivity contribution in [3.8, 4) is 0 Å². The van der Waals surface area contributed by atoms with Gasteiger partial charge in [-0.2, -0.15) is 5.10 Å². The lowest BCUT2D eigenvalue weighted by molar-refractivity contribution is 0.644. The number of benzene rings is 1. The van der Waals surface area contributed by atoms with Gasteiger partial charge in [-0.1, -0.05) is 0 Å². The summed E-state index contributed by atoms with van der Waals surface area (Å²) in [7, 11) is -0.993. The molecule has 84 valence electrons. The lowest BCUT2D eigenvalue weighted by Gasteiger charge is -2.03. The maximum atomic E-state index is 11.9. The quantitative estimate of drug-likeness (QED) is 0.812. The fourth-order valence-corrected chi connectivity index (χ4v) is 2.37. The molecule has 0 bridgehead atoms. The van der Waals surface area contributed by atoms with Gasteiger partial charge in [0.15, 0.2) is 0 Å². The maximum absolute atomic E-state index is 11.9. The lowest BCUT2D eigenvalue weighted by Crippen LogP contribution is -2.08. The molecule has 0 amide bonds. The molecule has 1 unspecified atom stereocenters. The molecule has 0 saturated carbocycles. The van der Waals surface area contributed by atoms with Crippen LogP contribution < -0.4 is 5.73 Å². The summed E-state index contributed by atoms with van der Waals surface area (Å²) in [4.78, 5) is 0.807. The molecule has 2 N–H and O–H groups in total. The number of aromatic nitrogens is 2. The second-order valence-corrected chi connectivity index (χ2v) is 4.96. The SMILES string of the molecule is Nc1ccc(S(=O)CCn2cccn2)cc1. The Hall–Kier alpha value is -1.62. The Balaban J connectivity index is 1.95. The van der Waals surface area contributed by atoms with E-state index in [9.17, 15) is 4.21 Å². The fraction of sp³-hybridized carbons (Fsp3) is 0.182. The number of hydrogen-bond donors (Lipinski definition) is 1. The Morgan fingerprint density at radius 2 is 2.06 bits per heavy atom. The van der Waals surface area contributed by atoms with Crippen LogP contribution in [0.3, 0.4) is 0 Å². The number of rotatable bonds is 4. The molecule has 0 aliphatic carbocycles. The molecular formula is C11H13N3OS. The standard InChI is InChI=1S/C11H13N3OS/c12-10-2-4-11(5-3-10)16(15)9-8-14-7-1-6-13-14/h1-7H,8-9,12H2. The van der Waals surface area contributed by atoms with Crippen molar-refractivity contribution in [1.82, 2.24) is 9.78 Å². The smallest absolute Gasteiger partial charge is 0.0548 e. The number of nitrogens with zero attached hydrogens (tertiary/aromatic N) is 2. The molecule has 0 aliphatic heterocycles. The topological polar surface area (TPSA) is 60.9 Å². The Kier molecular flexibility index (Phi) is 3.36. The molecule has 0 saturated heterocycles. The second kappa shape index (κ2) is 4.94. The summed E-state index contributed by atoms with van der Waals surface area (Å²) < 4.78 is 13.7. The van der Waals surface area contributed by atoms with Crippen molar-refractivity contribution in [2.45, 2.75) is 11.4 Å². The average Bonchev–Trinajstić information content (AvgIpc) is 2.80. The molecule has 1 aromatic carbocycles. The van der Waals surface area contributed by atoms with E-state index in [-0.39, 0.29) is 0 Å². The zero-order valence-corrected chi connectivity index (χ0v) is 9.56. The molecule has 4 nitrogen and oxygen atoms in total. The van der Waals surface area contributed by atoms with E-state index in [0.29, 0.717) is 18.0 Å². The van der Waals surface area contributed by atoms with Crippen LogP contribution in [0.5, 0.6) is 0 Å². The van der Waals surface area contributed by atoms with Gasteiger partial charge in [-0.05, 0) is 30.3 Å². The maximum Gasteiger partial charge on any atom is 0.0548 e. The van der Waals surface area contributed by atoms with E-state index >= 15 is 0 Å². The number of anilines is 1. The third-order valence-corrected chi connectivity index (χ3v) is 3.56. The fourth-order valence-electron chi connectivity index (χ4n) is 1.35. The highest BCUT2D eigenvalue weighted by molar-refractivity contribution is 7.85. The molecule has 1 atom stereocenters. The Bertz CT molecular complexity index is 464. The number of hydrogen-bond acceptors (Lipinski definition) is 3. The average molecular weight is 235 g/mol. The van der Waals surface area contributed by atoms with E-state index in [2.05, 4.69) is 5.10 Å². The number of nitrogens with two attached hydrogens (primary N) is 1. The van der Waals surface area contributed by atoms with Crippen LogP contribution >= 0.6 is 0 Å². The van der Waals surface area contributed by atoms with Crippen molar-refractivity contribution in [2.24, 2.45) is 0 Å². The number of nitrogen functional groups attached to an aromatic ring is 1. The van der Waals surface area contributed by atoms with Crippen LogP contribution in [-0.2, 0) is 17.3 Å². The van der Waals surface area contributed by atoms with E-state index in [0.717, 1.165) is 4.90 Å². The highest BCUT2D eigenvalue weighted by Crippen LogP contribution is 2.10. The molecule has 0 aliphatic rings. The molecule has 0 radical (unpaired) electrons. The van der Waals surface area contributed by atoms with Crippen molar-refractivity contribution >= 4 is 16.5 Å². The minimum Gasteiger partial charge on any atom is -0.399 e. The zero-order chi connectivity index (χ0) is 11.4. The van der Waals surface area contributed by atoms with E-state index in [4.69, 9.17) is 5.73 Å². The molecule has 1 aromatic heterocycles. The van der Waals surface area contributed by atoms with Crippen LogP contribution in [0.1, 0.15) is 0 Å². The molecule has 5 heteroatoms. The monoisotopic (exact) mass is 235 g/mol.